The standard InChI is InChI=1S/C19H26FI/c1-2-3-4-5-6-7-15-8-10-16(11-9-15)17-12-13-19(21)18(20)14-17/h10,12-15H,2-9,11H2,1H3. The van der Waals surface area contributed by atoms with Gasteiger partial charge in [-0.05, 0) is 71.0 Å². The fraction of sp³-hybridized carbons (Fsp3) is 0.579. The van der Waals surface area contributed by atoms with Crippen molar-refractivity contribution >= 4 is 28.2 Å². The highest BCUT2D eigenvalue weighted by atomic mass is 127. The summed E-state index contributed by atoms with van der Waals surface area (Å²) < 4.78 is 14.4. The third-order valence-electron chi connectivity index (χ3n) is 4.53. The Hall–Kier alpha value is -0.380. The molecule has 21 heavy (non-hydrogen) atoms. The smallest absolute Gasteiger partial charge is 0.137 e. The van der Waals surface area contributed by atoms with Crippen molar-refractivity contribution in [3.05, 3.63) is 39.2 Å². The lowest BCUT2D eigenvalue weighted by molar-refractivity contribution is 0.423. The molecule has 0 amide bonds. The van der Waals surface area contributed by atoms with Crippen LogP contribution in [0.4, 0.5) is 4.39 Å². The Morgan fingerprint density at radius 2 is 2.00 bits per heavy atom. The van der Waals surface area contributed by atoms with Crippen LogP contribution in [0.1, 0.15) is 70.3 Å². The summed E-state index contributed by atoms with van der Waals surface area (Å²) in [6.07, 6.45) is 14.1. The molecule has 0 aromatic heterocycles. The van der Waals surface area contributed by atoms with Gasteiger partial charge in [-0.15, -0.1) is 0 Å². The van der Waals surface area contributed by atoms with Crippen LogP contribution >= 0.6 is 22.6 Å². The van der Waals surface area contributed by atoms with E-state index in [9.17, 15) is 4.39 Å². The van der Waals surface area contributed by atoms with Crippen LogP contribution in [0.15, 0.2) is 24.3 Å². The Morgan fingerprint density at radius 1 is 1.19 bits per heavy atom. The van der Waals surface area contributed by atoms with Crippen LogP contribution in [0.25, 0.3) is 5.57 Å². The van der Waals surface area contributed by atoms with Gasteiger partial charge in [0.25, 0.3) is 0 Å². The van der Waals surface area contributed by atoms with Gasteiger partial charge in [-0.1, -0.05) is 57.6 Å². The van der Waals surface area contributed by atoms with E-state index in [0.29, 0.717) is 3.57 Å². The summed E-state index contributed by atoms with van der Waals surface area (Å²) in [7, 11) is 0. The highest BCUT2D eigenvalue weighted by Crippen LogP contribution is 2.33. The molecular formula is C19H26FI. The lowest BCUT2D eigenvalue weighted by Gasteiger charge is -2.22. The molecule has 0 saturated heterocycles. The zero-order valence-corrected chi connectivity index (χ0v) is 15.2. The van der Waals surface area contributed by atoms with Crippen LogP contribution in [-0.4, -0.2) is 0 Å². The molecule has 0 nitrogen and oxygen atoms in total. The molecule has 0 fully saturated rings. The van der Waals surface area contributed by atoms with Crippen molar-refractivity contribution < 1.29 is 4.39 Å². The Bertz CT molecular complexity index is 478. The van der Waals surface area contributed by atoms with E-state index >= 15 is 0 Å². The Kier molecular flexibility index (Phi) is 7.21. The van der Waals surface area contributed by atoms with Crippen molar-refractivity contribution in [3.8, 4) is 0 Å². The van der Waals surface area contributed by atoms with Crippen molar-refractivity contribution in [1.29, 1.82) is 0 Å². The zero-order chi connectivity index (χ0) is 15.1. The number of benzene rings is 1. The minimum absolute atomic E-state index is 0.0907. The van der Waals surface area contributed by atoms with Crippen LogP contribution in [0.3, 0.4) is 0 Å². The Labute approximate surface area is 142 Å². The second-order valence-electron chi connectivity index (χ2n) is 6.20. The normalized spacial score (nSPS) is 18.6. The first kappa shape index (κ1) is 17.0. The summed E-state index contributed by atoms with van der Waals surface area (Å²) in [4.78, 5) is 0. The SMILES string of the molecule is CCCCCCCC1CC=C(c2ccc(I)c(F)c2)CC1. The third kappa shape index (κ3) is 5.39. The molecule has 0 radical (unpaired) electrons. The molecule has 1 unspecified atom stereocenters. The van der Waals surface area contributed by atoms with E-state index in [2.05, 4.69) is 19.1 Å². The van der Waals surface area contributed by atoms with Crippen LogP contribution in [-0.2, 0) is 0 Å². The first-order valence-corrected chi connectivity index (χ1v) is 9.43. The summed E-state index contributed by atoms with van der Waals surface area (Å²) in [5.74, 6) is 0.760. The maximum Gasteiger partial charge on any atom is 0.137 e. The minimum atomic E-state index is -0.0907. The fourth-order valence-corrected chi connectivity index (χ4v) is 3.48. The number of halogens is 2. The molecule has 0 spiro atoms. The highest BCUT2D eigenvalue weighted by molar-refractivity contribution is 14.1. The van der Waals surface area contributed by atoms with Gasteiger partial charge in [0.1, 0.15) is 5.82 Å². The van der Waals surface area contributed by atoms with Gasteiger partial charge in [0.15, 0.2) is 0 Å². The molecule has 0 saturated carbocycles. The van der Waals surface area contributed by atoms with Gasteiger partial charge in [-0.25, -0.2) is 4.39 Å². The van der Waals surface area contributed by atoms with Gasteiger partial charge in [0.2, 0.25) is 0 Å². The molecule has 116 valence electrons. The van der Waals surface area contributed by atoms with E-state index in [1.54, 1.807) is 6.07 Å². The minimum Gasteiger partial charge on any atom is -0.206 e. The largest absolute Gasteiger partial charge is 0.206 e. The average molecular weight is 400 g/mol. The molecule has 2 rings (SSSR count). The topological polar surface area (TPSA) is 0 Å². The highest BCUT2D eigenvalue weighted by Gasteiger charge is 2.15. The summed E-state index contributed by atoms with van der Waals surface area (Å²) in [6.45, 7) is 2.26. The zero-order valence-electron chi connectivity index (χ0n) is 13.0. The number of allylic oxidation sites excluding steroid dienone is 2. The van der Waals surface area contributed by atoms with E-state index < -0.39 is 0 Å². The summed E-state index contributed by atoms with van der Waals surface area (Å²) in [6, 6.07) is 5.63. The van der Waals surface area contributed by atoms with Gasteiger partial charge in [0.05, 0.1) is 0 Å². The molecule has 2 heteroatoms. The molecule has 1 aromatic rings. The van der Waals surface area contributed by atoms with Crippen molar-refractivity contribution in [2.24, 2.45) is 5.92 Å². The quantitative estimate of drug-likeness (QED) is 0.342. The molecule has 0 heterocycles. The molecule has 0 bridgehead atoms. The van der Waals surface area contributed by atoms with E-state index in [-0.39, 0.29) is 5.82 Å². The number of hydrogen-bond donors (Lipinski definition) is 0. The predicted octanol–water partition coefficient (Wildman–Crippen LogP) is 6.97. The van der Waals surface area contributed by atoms with E-state index in [4.69, 9.17) is 0 Å². The second kappa shape index (κ2) is 8.92. The van der Waals surface area contributed by atoms with E-state index in [1.165, 1.54) is 56.9 Å². The van der Waals surface area contributed by atoms with Crippen LogP contribution in [0, 0.1) is 15.3 Å². The summed E-state index contributed by atoms with van der Waals surface area (Å²) >= 11 is 2.05. The van der Waals surface area contributed by atoms with Gasteiger partial charge < -0.3 is 0 Å². The lowest BCUT2D eigenvalue weighted by Crippen LogP contribution is -2.05. The van der Waals surface area contributed by atoms with Crippen LogP contribution in [0.5, 0.6) is 0 Å². The molecule has 1 aromatic carbocycles. The maximum absolute atomic E-state index is 13.6. The summed E-state index contributed by atoms with van der Waals surface area (Å²) in [5.41, 5.74) is 2.42. The van der Waals surface area contributed by atoms with E-state index in [0.717, 1.165) is 17.9 Å². The molecule has 1 aliphatic carbocycles. The maximum atomic E-state index is 13.6. The first-order valence-electron chi connectivity index (χ1n) is 8.35. The molecule has 1 atom stereocenters. The van der Waals surface area contributed by atoms with Gasteiger partial charge in [0, 0.05) is 3.57 Å². The Balaban J connectivity index is 1.80. The molecular weight excluding hydrogens is 374 g/mol. The van der Waals surface area contributed by atoms with Crippen LogP contribution < -0.4 is 0 Å². The second-order valence-corrected chi connectivity index (χ2v) is 7.36. The van der Waals surface area contributed by atoms with E-state index in [1.807, 2.05) is 28.7 Å². The average Bonchev–Trinajstić information content (AvgIpc) is 2.50. The van der Waals surface area contributed by atoms with Crippen molar-refractivity contribution in [1.82, 2.24) is 0 Å². The van der Waals surface area contributed by atoms with Gasteiger partial charge in [-0.2, -0.15) is 0 Å². The van der Waals surface area contributed by atoms with Gasteiger partial charge in [-0.3, -0.25) is 0 Å². The predicted molar refractivity (Wildman–Crippen MR) is 97.8 cm³/mol. The monoisotopic (exact) mass is 400 g/mol. The molecule has 0 N–H and O–H groups in total. The van der Waals surface area contributed by atoms with Crippen molar-refractivity contribution in [2.75, 3.05) is 0 Å². The Morgan fingerprint density at radius 3 is 2.67 bits per heavy atom. The number of rotatable bonds is 7. The van der Waals surface area contributed by atoms with Gasteiger partial charge >= 0.3 is 0 Å². The fourth-order valence-electron chi connectivity index (χ4n) is 3.15. The summed E-state index contributed by atoms with van der Waals surface area (Å²) in [5, 5.41) is 0. The molecule has 1 aliphatic rings. The lowest BCUT2D eigenvalue weighted by atomic mass is 9.84. The first-order chi connectivity index (χ1) is 10.2. The third-order valence-corrected chi connectivity index (χ3v) is 5.40. The number of hydrogen-bond acceptors (Lipinski definition) is 0. The molecule has 0 aliphatic heterocycles. The van der Waals surface area contributed by atoms with Crippen LogP contribution in [0.2, 0.25) is 0 Å². The van der Waals surface area contributed by atoms with Crippen molar-refractivity contribution in [3.63, 3.8) is 0 Å². The van der Waals surface area contributed by atoms with Crippen molar-refractivity contribution in [2.45, 2.75) is 64.7 Å². The number of unbranched alkanes of at least 4 members (excludes halogenated alkanes) is 4.